The normalized spacial score (nSPS) is 20.8. The minimum absolute atomic E-state index is 0.196. The Morgan fingerprint density at radius 2 is 0.576 bits per heavy atom. The lowest BCUT2D eigenvalue weighted by molar-refractivity contribution is 1.28. The van der Waals surface area contributed by atoms with Crippen molar-refractivity contribution in [1.29, 1.82) is 0 Å². The summed E-state index contributed by atoms with van der Waals surface area (Å²) in [5.74, 6) is 0. The maximum atomic E-state index is 9.64. The van der Waals surface area contributed by atoms with Crippen LogP contribution in [0.4, 0.5) is 17.1 Å². The molecule has 0 saturated carbocycles. The van der Waals surface area contributed by atoms with Crippen LogP contribution in [0.25, 0.3) is 77.5 Å². The van der Waals surface area contributed by atoms with Crippen LogP contribution in [0.5, 0.6) is 0 Å². The second-order valence-electron chi connectivity index (χ2n) is 11.8. The van der Waals surface area contributed by atoms with Gasteiger partial charge < -0.3 is 4.90 Å². The van der Waals surface area contributed by atoms with Gasteiger partial charge in [-0.1, -0.05) is 193 Å². The van der Waals surface area contributed by atoms with E-state index in [1.807, 2.05) is 0 Å². The molecule has 0 radical (unpaired) electrons. The van der Waals surface area contributed by atoms with Crippen LogP contribution in [0.2, 0.25) is 0 Å². The maximum Gasteiger partial charge on any atom is 0.0645 e. The molecule has 0 aromatic heterocycles. The van der Waals surface area contributed by atoms with E-state index in [0.29, 0.717) is 0 Å². The first-order valence-electron chi connectivity index (χ1n) is 37.4. The van der Waals surface area contributed by atoms with Crippen molar-refractivity contribution in [3.05, 3.63) is 248 Å². The van der Waals surface area contributed by atoms with Gasteiger partial charge in [0, 0.05) is 17.1 Å². The number of nitrogens with zero attached hydrogens (tertiary/aromatic N) is 1. The number of hydrogen-bond acceptors (Lipinski definition) is 1. The molecule has 0 amide bonds. The van der Waals surface area contributed by atoms with Gasteiger partial charge in [0.25, 0.3) is 0 Å². The lowest BCUT2D eigenvalue weighted by atomic mass is 9.92. The summed E-state index contributed by atoms with van der Waals surface area (Å²) in [5.41, 5.74) is -15.7. The highest BCUT2D eigenvalue weighted by Crippen LogP contribution is 2.39. The molecule has 0 spiro atoms. The van der Waals surface area contributed by atoms with Crippen molar-refractivity contribution in [2.45, 2.75) is 0 Å². The third-order valence-corrected chi connectivity index (χ3v) is 8.19. The number of hydrogen-bond donors (Lipinski definition) is 0. The Labute approximate surface area is 404 Å². The Kier molecular flexibility index (Phi) is 3.43. The molecule has 10 rings (SSSR count). The van der Waals surface area contributed by atoms with E-state index in [0.717, 1.165) is 0 Å². The van der Waals surface area contributed by atoms with Gasteiger partial charge in [-0.05, 0) is 132 Å². The van der Waals surface area contributed by atoms with E-state index < -0.39 is 342 Å². The van der Waals surface area contributed by atoms with Crippen LogP contribution >= 0.6 is 0 Å². The summed E-state index contributed by atoms with van der Waals surface area (Å²) >= 11 is 0. The summed E-state index contributed by atoms with van der Waals surface area (Å²) < 4.78 is 368. The van der Waals surface area contributed by atoms with E-state index in [1.165, 1.54) is 0 Å². The first kappa shape index (κ1) is 12.6. The summed E-state index contributed by atoms with van der Waals surface area (Å²) in [6.07, 6.45) is 0. The average molecular weight is 793 g/mol. The molecule has 0 aliphatic heterocycles. The minimum Gasteiger partial charge on any atom is -0.311 e. The van der Waals surface area contributed by atoms with Crippen LogP contribution in [0.1, 0.15) is 56.2 Å². The van der Waals surface area contributed by atoms with Gasteiger partial charge in [0.15, 0.2) is 0 Å². The Morgan fingerprint density at radius 1 is 0.237 bits per heavy atom. The number of rotatable bonds is 9. The van der Waals surface area contributed by atoms with E-state index >= 15 is 0 Å². The van der Waals surface area contributed by atoms with Gasteiger partial charge in [0.2, 0.25) is 0 Å². The molecule has 10 aromatic rings. The van der Waals surface area contributed by atoms with E-state index in [2.05, 4.69) is 0 Å². The molecule has 0 bridgehead atoms. The Bertz CT molecular complexity index is 5110. The Hall–Kier alpha value is -7.74. The number of fused-ring (bicyclic) bond motifs is 1. The summed E-state index contributed by atoms with van der Waals surface area (Å²) in [5, 5.41) is -1.54. The Balaban J connectivity index is 1.28. The fourth-order valence-corrected chi connectivity index (χ4v) is 5.49. The quantitative estimate of drug-likeness (QED) is 0.141. The first-order chi connectivity index (χ1) is 46.3. The molecular formula is C58H41N. The molecule has 0 fully saturated rings. The summed E-state index contributed by atoms with van der Waals surface area (Å²) in [6, 6.07) is -47.3. The maximum absolute atomic E-state index is 9.64. The third-order valence-electron chi connectivity index (χ3n) is 8.19. The van der Waals surface area contributed by atoms with Gasteiger partial charge in [-0.25, -0.2) is 0 Å². The molecule has 1 heteroatoms. The molecule has 0 saturated heterocycles. The topological polar surface area (TPSA) is 3.24 Å². The molecule has 10 aromatic carbocycles. The zero-order valence-electron chi connectivity index (χ0n) is 70.4. The molecule has 0 atom stereocenters. The highest BCUT2D eigenvalue weighted by atomic mass is 15.1. The van der Waals surface area contributed by atoms with Gasteiger partial charge in [0.05, 0.1) is 56.2 Å². The van der Waals surface area contributed by atoms with Crippen LogP contribution < -0.4 is 4.90 Å². The van der Waals surface area contributed by atoms with Crippen LogP contribution in [-0.2, 0) is 0 Å². The van der Waals surface area contributed by atoms with Crippen molar-refractivity contribution in [1.82, 2.24) is 0 Å². The van der Waals surface area contributed by atoms with Gasteiger partial charge in [-0.2, -0.15) is 0 Å². The molecule has 0 aliphatic rings. The lowest BCUT2D eigenvalue weighted by Crippen LogP contribution is -2.09. The van der Waals surface area contributed by atoms with Crippen molar-refractivity contribution < 1.29 is 56.2 Å². The van der Waals surface area contributed by atoms with E-state index in [1.54, 1.807) is 0 Å². The van der Waals surface area contributed by atoms with Crippen LogP contribution in [0, 0.1) is 0 Å². The molecule has 0 heterocycles. The number of anilines is 3. The third kappa shape index (κ3) is 7.46. The van der Waals surface area contributed by atoms with Gasteiger partial charge in [-0.15, -0.1) is 0 Å². The number of benzene rings is 10. The van der Waals surface area contributed by atoms with Gasteiger partial charge in [0.1, 0.15) is 0 Å². The predicted octanol–water partition coefficient (Wildman–Crippen LogP) is 16.3. The highest BCUT2D eigenvalue weighted by molar-refractivity contribution is 6.00. The average Bonchev–Trinajstić information content (AvgIpc) is 0.712. The smallest absolute Gasteiger partial charge is 0.0645 e. The lowest BCUT2D eigenvalue weighted by Gasteiger charge is -2.26. The monoisotopic (exact) mass is 793 g/mol. The van der Waals surface area contributed by atoms with E-state index in [9.17, 15) is 26.0 Å². The summed E-state index contributed by atoms with van der Waals surface area (Å²) in [6.45, 7) is 0. The van der Waals surface area contributed by atoms with Gasteiger partial charge in [-0.3, -0.25) is 0 Å². The zero-order valence-corrected chi connectivity index (χ0v) is 29.4. The zero-order chi connectivity index (χ0) is 75.1. The van der Waals surface area contributed by atoms with Crippen LogP contribution in [0.3, 0.4) is 0 Å². The molecular weight excluding hydrogens is 711 g/mol. The van der Waals surface area contributed by atoms with Crippen LogP contribution in [0.15, 0.2) is 248 Å². The fraction of sp³-hybridized carbons (Fsp3) is 0. The molecule has 0 aliphatic carbocycles. The fourth-order valence-electron chi connectivity index (χ4n) is 5.49. The molecule has 278 valence electrons. The molecule has 1 nitrogen and oxygen atoms in total. The van der Waals surface area contributed by atoms with Crippen molar-refractivity contribution in [2.75, 3.05) is 4.90 Å². The second kappa shape index (κ2) is 16.0. The first-order valence-corrected chi connectivity index (χ1v) is 16.9. The van der Waals surface area contributed by atoms with Crippen molar-refractivity contribution in [3.63, 3.8) is 0 Å². The van der Waals surface area contributed by atoms with E-state index in [4.69, 9.17) is 30.2 Å². The molecule has 0 N–H and O–H groups in total. The van der Waals surface area contributed by atoms with Crippen molar-refractivity contribution >= 4 is 27.8 Å². The van der Waals surface area contributed by atoms with E-state index in [-0.39, 0.29) is 4.90 Å². The standard InChI is InChI=1S/C58H41N/c1-4-13-42(14-5-1)45-27-33-54(34-28-45)59(55-35-29-46(30-36-55)43-15-6-2-7-16-43)56-37-31-47(32-38-56)44-23-25-48(26-24-44)50-20-12-21-51(39-50)53-40-52-19-10-11-22-57(52)58(41-53)49-17-8-3-9-18-49/h1-41H/i1D,2D,3D,4D,5D,6D,7D,8D,9D,10D,11D,12D,13D,14D,15D,16D,17D,18D,19D,20D,21D,22D,23D,24D,25D,26D,27D,28D,29D,30D,31D,32D,33D,34D,35D,36D,37D,38D,39D,40D,41D. The highest BCUT2D eigenvalue weighted by Gasteiger charge is 2.15. The molecule has 0 unspecified atom stereocenters. The largest absolute Gasteiger partial charge is 0.311 e. The minimum atomic E-state index is -1.44. The Morgan fingerprint density at radius 3 is 1.05 bits per heavy atom. The van der Waals surface area contributed by atoms with Gasteiger partial charge >= 0.3 is 0 Å². The predicted molar refractivity (Wildman–Crippen MR) is 251 cm³/mol. The summed E-state index contributed by atoms with van der Waals surface area (Å²) in [7, 11) is 0. The van der Waals surface area contributed by atoms with Crippen molar-refractivity contribution in [2.24, 2.45) is 0 Å². The van der Waals surface area contributed by atoms with Crippen molar-refractivity contribution in [3.8, 4) is 66.8 Å². The van der Waals surface area contributed by atoms with Crippen LogP contribution in [-0.4, -0.2) is 0 Å². The molecule has 59 heavy (non-hydrogen) atoms. The second-order valence-corrected chi connectivity index (χ2v) is 11.8. The summed E-state index contributed by atoms with van der Waals surface area (Å²) in [4.78, 5) is 0.196. The SMILES string of the molecule is [2H]c1c([2H])c([2H])c(-c2c([2H])c([2H])c(N(c3c([2H])c([2H])c(-c4c([2H])c([2H])c([2H])c([2H])c4[2H])c([2H])c3[2H])c3c([2H])c([2H])c(-c4c([2H])c([2H])c(-c5c([2H])c([2H])c([2H])c(-c6c([2H])c(-c7c([2H])c([2H])c([2H])c([2H])c7[2H])c7c([2H])c([2H])c([2H])c([2H])c7c6[2H])c5[2H])c([2H])c4[2H])c([2H])c3[2H])c([2H])c2[2H])c([2H])c1[2H].